The van der Waals surface area contributed by atoms with Crippen LogP contribution in [0.5, 0.6) is 0 Å². The number of hydrogen-bond acceptors (Lipinski definition) is 4. The second-order valence-corrected chi connectivity index (χ2v) is 3.82. The highest BCUT2D eigenvalue weighted by atomic mass is 32.1. The summed E-state index contributed by atoms with van der Waals surface area (Å²) in [4.78, 5) is 0. The molecule has 1 unspecified atom stereocenters. The highest BCUT2D eigenvalue weighted by Crippen LogP contribution is 2.20. The first kappa shape index (κ1) is 11.1. The summed E-state index contributed by atoms with van der Waals surface area (Å²) in [5.41, 5.74) is 0.495. The van der Waals surface area contributed by atoms with Crippen molar-refractivity contribution in [3.05, 3.63) is 47.3 Å². The summed E-state index contributed by atoms with van der Waals surface area (Å²) in [7, 11) is 0. The second kappa shape index (κ2) is 4.63. The highest BCUT2D eigenvalue weighted by molar-refractivity contribution is 6.99. The first-order valence-electron chi connectivity index (χ1n) is 4.57. The third-order valence-electron chi connectivity index (χ3n) is 2.16. The van der Waals surface area contributed by atoms with Crippen molar-refractivity contribution in [2.24, 2.45) is 0 Å². The van der Waals surface area contributed by atoms with Gasteiger partial charge in [0.2, 0.25) is 0 Å². The third-order valence-corrected chi connectivity index (χ3v) is 2.66. The van der Waals surface area contributed by atoms with Crippen molar-refractivity contribution >= 4 is 11.7 Å². The molecule has 2 aromatic rings. The van der Waals surface area contributed by atoms with E-state index in [2.05, 4.69) is 8.75 Å². The Balaban J connectivity index is 2.18. The molecule has 1 N–H and O–H groups in total. The SMILES string of the molecule is OC(Cc1cccc(F)c1F)c1cnsn1. The Hall–Kier alpha value is -1.40. The van der Waals surface area contributed by atoms with Crippen molar-refractivity contribution in [3.63, 3.8) is 0 Å². The zero-order chi connectivity index (χ0) is 11.5. The first-order chi connectivity index (χ1) is 7.68. The van der Waals surface area contributed by atoms with Crippen LogP contribution in [0.1, 0.15) is 17.4 Å². The Bertz CT molecular complexity index is 476. The molecular formula is C10H8F2N2OS. The van der Waals surface area contributed by atoms with Gasteiger partial charge < -0.3 is 5.11 Å². The Morgan fingerprint density at radius 3 is 2.88 bits per heavy atom. The van der Waals surface area contributed by atoms with Crippen LogP contribution in [0.4, 0.5) is 8.78 Å². The van der Waals surface area contributed by atoms with Crippen LogP contribution in [-0.2, 0) is 6.42 Å². The molecule has 0 spiro atoms. The average molecular weight is 242 g/mol. The number of nitrogens with zero attached hydrogens (tertiary/aromatic N) is 2. The second-order valence-electron chi connectivity index (χ2n) is 3.27. The number of rotatable bonds is 3. The van der Waals surface area contributed by atoms with Gasteiger partial charge in [-0.25, -0.2) is 8.78 Å². The fourth-order valence-electron chi connectivity index (χ4n) is 1.34. The number of benzene rings is 1. The standard InChI is InChI=1S/C10H8F2N2OS/c11-7-3-1-2-6(10(7)12)4-9(15)8-5-13-16-14-8/h1-3,5,9,15H,4H2. The first-order valence-corrected chi connectivity index (χ1v) is 5.30. The van der Waals surface area contributed by atoms with Crippen molar-refractivity contribution in [2.75, 3.05) is 0 Å². The van der Waals surface area contributed by atoms with Gasteiger partial charge >= 0.3 is 0 Å². The maximum atomic E-state index is 13.3. The molecule has 0 aliphatic rings. The van der Waals surface area contributed by atoms with Crippen LogP contribution in [0.15, 0.2) is 24.4 Å². The van der Waals surface area contributed by atoms with E-state index >= 15 is 0 Å². The predicted octanol–water partition coefficient (Wildman–Crippen LogP) is 2.09. The maximum absolute atomic E-state index is 13.3. The summed E-state index contributed by atoms with van der Waals surface area (Å²) in [6, 6.07) is 3.87. The number of aromatic nitrogens is 2. The third kappa shape index (κ3) is 2.23. The molecule has 0 bridgehead atoms. The highest BCUT2D eigenvalue weighted by Gasteiger charge is 2.15. The minimum atomic E-state index is -0.963. The van der Waals surface area contributed by atoms with Gasteiger partial charge in [-0.3, -0.25) is 0 Å². The van der Waals surface area contributed by atoms with Crippen LogP contribution in [0.3, 0.4) is 0 Å². The molecule has 84 valence electrons. The molecule has 6 heteroatoms. The Morgan fingerprint density at radius 2 is 2.19 bits per heavy atom. The molecule has 1 aromatic heterocycles. The molecule has 0 radical (unpaired) electrons. The summed E-state index contributed by atoms with van der Waals surface area (Å²) in [6.07, 6.45) is 0.428. The van der Waals surface area contributed by atoms with Crippen LogP contribution >= 0.6 is 11.7 Å². The van der Waals surface area contributed by atoms with Crippen LogP contribution in [0.25, 0.3) is 0 Å². The van der Waals surface area contributed by atoms with E-state index in [4.69, 9.17) is 0 Å². The van der Waals surface area contributed by atoms with Crippen molar-refractivity contribution < 1.29 is 13.9 Å². The Kier molecular flexibility index (Phi) is 3.21. The lowest BCUT2D eigenvalue weighted by molar-refractivity contribution is 0.173. The molecular weight excluding hydrogens is 234 g/mol. The minimum Gasteiger partial charge on any atom is -0.386 e. The van der Waals surface area contributed by atoms with Crippen LogP contribution in [0.2, 0.25) is 0 Å². The topological polar surface area (TPSA) is 46.0 Å². The lowest BCUT2D eigenvalue weighted by Gasteiger charge is -2.08. The van der Waals surface area contributed by atoms with E-state index in [0.29, 0.717) is 5.69 Å². The van der Waals surface area contributed by atoms with Gasteiger partial charge in [0.05, 0.1) is 17.9 Å². The number of aliphatic hydroxyl groups excluding tert-OH is 1. The predicted molar refractivity (Wildman–Crippen MR) is 54.9 cm³/mol. The summed E-state index contributed by atoms with van der Waals surface area (Å²) in [5, 5.41) is 9.69. The monoisotopic (exact) mass is 242 g/mol. The van der Waals surface area contributed by atoms with Gasteiger partial charge in [0, 0.05) is 6.42 Å². The van der Waals surface area contributed by atoms with Crippen LogP contribution in [0, 0.1) is 11.6 Å². The van der Waals surface area contributed by atoms with Crippen molar-refractivity contribution in [3.8, 4) is 0 Å². The number of halogens is 2. The van der Waals surface area contributed by atoms with E-state index < -0.39 is 17.7 Å². The molecule has 2 rings (SSSR count). The van der Waals surface area contributed by atoms with Crippen molar-refractivity contribution in [1.82, 2.24) is 8.75 Å². The van der Waals surface area contributed by atoms with E-state index in [0.717, 1.165) is 17.8 Å². The molecule has 0 saturated carbocycles. The largest absolute Gasteiger partial charge is 0.386 e. The molecule has 0 fully saturated rings. The minimum absolute atomic E-state index is 0.0188. The van der Waals surface area contributed by atoms with E-state index in [9.17, 15) is 13.9 Å². The number of aliphatic hydroxyl groups is 1. The van der Waals surface area contributed by atoms with Gasteiger partial charge in [-0.15, -0.1) is 0 Å². The molecule has 1 aromatic carbocycles. The summed E-state index contributed by atoms with van der Waals surface area (Å²) in [5.74, 6) is -1.84. The summed E-state index contributed by atoms with van der Waals surface area (Å²) < 4.78 is 33.7. The van der Waals surface area contributed by atoms with Gasteiger partial charge in [0.25, 0.3) is 0 Å². The molecule has 0 amide bonds. The molecule has 0 saturated heterocycles. The van der Waals surface area contributed by atoms with Crippen molar-refractivity contribution in [1.29, 1.82) is 0 Å². The fourth-order valence-corrected chi connectivity index (χ4v) is 1.80. The zero-order valence-electron chi connectivity index (χ0n) is 8.10. The molecule has 1 heterocycles. The fraction of sp³-hybridized carbons (Fsp3) is 0.200. The molecule has 1 atom stereocenters. The van der Waals surface area contributed by atoms with Gasteiger partial charge in [0.15, 0.2) is 11.6 Å². The van der Waals surface area contributed by atoms with E-state index in [-0.39, 0.29) is 12.0 Å². The van der Waals surface area contributed by atoms with E-state index in [1.54, 1.807) is 0 Å². The van der Waals surface area contributed by atoms with Crippen LogP contribution < -0.4 is 0 Å². The normalized spacial score (nSPS) is 12.7. The summed E-state index contributed by atoms with van der Waals surface area (Å²) in [6.45, 7) is 0. The molecule has 0 aliphatic carbocycles. The molecule has 16 heavy (non-hydrogen) atoms. The van der Waals surface area contributed by atoms with E-state index in [1.807, 2.05) is 0 Å². The van der Waals surface area contributed by atoms with Gasteiger partial charge in [-0.2, -0.15) is 8.75 Å². The Morgan fingerprint density at radius 1 is 1.38 bits per heavy atom. The molecule has 0 aliphatic heterocycles. The van der Waals surface area contributed by atoms with E-state index in [1.165, 1.54) is 18.3 Å². The zero-order valence-corrected chi connectivity index (χ0v) is 8.92. The van der Waals surface area contributed by atoms with Gasteiger partial charge in [0.1, 0.15) is 11.8 Å². The quantitative estimate of drug-likeness (QED) is 0.896. The average Bonchev–Trinajstić information content (AvgIpc) is 2.78. The maximum Gasteiger partial charge on any atom is 0.162 e. The van der Waals surface area contributed by atoms with Gasteiger partial charge in [-0.05, 0) is 11.6 Å². The lowest BCUT2D eigenvalue weighted by Crippen LogP contribution is -2.04. The Labute approximate surface area is 94.7 Å². The van der Waals surface area contributed by atoms with Gasteiger partial charge in [-0.1, -0.05) is 12.1 Å². The molecule has 3 nitrogen and oxygen atoms in total. The number of hydrogen-bond donors (Lipinski definition) is 1. The van der Waals surface area contributed by atoms with Crippen LogP contribution in [-0.4, -0.2) is 13.9 Å². The van der Waals surface area contributed by atoms with Crippen molar-refractivity contribution in [2.45, 2.75) is 12.5 Å². The summed E-state index contributed by atoms with van der Waals surface area (Å²) >= 11 is 0.958. The lowest BCUT2D eigenvalue weighted by atomic mass is 10.1. The smallest absolute Gasteiger partial charge is 0.162 e.